The van der Waals surface area contributed by atoms with Crippen LogP contribution in [0.1, 0.15) is 5.56 Å². The Bertz CT molecular complexity index is 1230. The molecule has 0 saturated carbocycles. The van der Waals surface area contributed by atoms with E-state index in [0.717, 1.165) is 18.7 Å². The van der Waals surface area contributed by atoms with E-state index in [1.807, 2.05) is 19.1 Å². The number of carbonyl (C=O) groups excluding carboxylic acids is 1. The number of likely N-dealkylation sites (N-methyl/N-ethyl adjacent to an activating group) is 1. The monoisotopic (exact) mass is 453 g/mol. The Kier molecular flexibility index (Phi) is 6.55. The molecule has 0 spiro atoms. The number of carbonyl (C=O) groups is 1. The minimum absolute atomic E-state index is 0.00618. The van der Waals surface area contributed by atoms with Crippen LogP contribution >= 0.6 is 0 Å². The molecule has 0 radical (unpaired) electrons. The first kappa shape index (κ1) is 22.7. The van der Waals surface area contributed by atoms with Crippen LogP contribution in [0.3, 0.4) is 0 Å². The van der Waals surface area contributed by atoms with Crippen LogP contribution in [0.5, 0.6) is 17.2 Å². The molecule has 2 aromatic carbocycles. The zero-order valence-corrected chi connectivity index (χ0v) is 19.4. The molecule has 2 heterocycles. The fourth-order valence-electron chi connectivity index (χ4n) is 3.94. The van der Waals surface area contributed by atoms with Gasteiger partial charge in [0.1, 0.15) is 5.58 Å². The number of aryl methyl sites for hydroxylation is 1. The van der Waals surface area contributed by atoms with E-state index < -0.39 is 0 Å². The molecule has 1 amide bonds. The van der Waals surface area contributed by atoms with Crippen molar-refractivity contribution in [2.24, 2.45) is 0 Å². The van der Waals surface area contributed by atoms with E-state index in [4.69, 9.17) is 18.6 Å². The molecule has 0 aliphatic carbocycles. The van der Waals surface area contributed by atoms with Crippen molar-refractivity contribution >= 4 is 16.9 Å². The number of quaternary nitrogens is 1. The van der Waals surface area contributed by atoms with Gasteiger partial charge in [-0.3, -0.25) is 9.59 Å². The topological polar surface area (TPSA) is 82.7 Å². The van der Waals surface area contributed by atoms with Crippen molar-refractivity contribution < 1.29 is 28.3 Å². The van der Waals surface area contributed by atoms with Gasteiger partial charge in [0.25, 0.3) is 5.91 Å². The lowest BCUT2D eigenvalue weighted by molar-refractivity contribution is -0.883. The van der Waals surface area contributed by atoms with E-state index in [1.165, 1.54) is 12.0 Å². The van der Waals surface area contributed by atoms with Crippen molar-refractivity contribution in [2.75, 3.05) is 54.1 Å². The molecule has 0 atom stereocenters. The molecule has 33 heavy (non-hydrogen) atoms. The highest BCUT2D eigenvalue weighted by atomic mass is 16.5. The lowest BCUT2D eigenvalue weighted by Crippen LogP contribution is -3.12. The molecule has 1 aliphatic rings. The van der Waals surface area contributed by atoms with Crippen LogP contribution in [0.4, 0.5) is 0 Å². The summed E-state index contributed by atoms with van der Waals surface area (Å²) >= 11 is 0. The minimum atomic E-state index is -0.323. The first-order valence-electron chi connectivity index (χ1n) is 10.9. The Morgan fingerprint density at radius 3 is 2.48 bits per heavy atom. The zero-order chi connectivity index (χ0) is 23.5. The molecule has 4 rings (SSSR count). The maximum Gasteiger partial charge on any atom is 0.260 e. The van der Waals surface area contributed by atoms with Gasteiger partial charge in [0.2, 0.25) is 11.2 Å². The number of amides is 1. The molecule has 1 aromatic heterocycles. The average Bonchev–Trinajstić information content (AvgIpc) is 2.82. The van der Waals surface area contributed by atoms with Gasteiger partial charge in [-0.1, -0.05) is 6.07 Å². The second kappa shape index (κ2) is 9.54. The Labute approximate surface area is 192 Å². The van der Waals surface area contributed by atoms with Gasteiger partial charge in [-0.2, -0.15) is 0 Å². The van der Waals surface area contributed by atoms with Crippen molar-refractivity contribution in [3.63, 3.8) is 0 Å². The maximum atomic E-state index is 13.4. The van der Waals surface area contributed by atoms with Crippen LogP contribution in [0.15, 0.2) is 45.6 Å². The summed E-state index contributed by atoms with van der Waals surface area (Å²) in [5.74, 6) is 1.14. The third kappa shape index (κ3) is 4.66. The number of methoxy groups -OCH3 is 2. The van der Waals surface area contributed by atoms with E-state index in [1.54, 1.807) is 36.3 Å². The van der Waals surface area contributed by atoms with Crippen LogP contribution in [0, 0.1) is 6.92 Å². The van der Waals surface area contributed by atoms with Gasteiger partial charge in [0.05, 0.1) is 52.8 Å². The average molecular weight is 454 g/mol. The Hall–Kier alpha value is -3.52. The first-order chi connectivity index (χ1) is 15.9. The fraction of sp³-hybridized carbons (Fsp3) is 0.360. The number of rotatable bonds is 6. The molecule has 1 aliphatic heterocycles. The first-order valence-corrected chi connectivity index (χ1v) is 10.9. The van der Waals surface area contributed by atoms with Gasteiger partial charge in [-0.05, 0) is 42.8 Å². The molecule has 1 fully saturated rings. The summed E-state index contributed by atoms with van der Waals surface area (Å²) in [7, 11) is 5.20. The number of benzene rings is 2. The summed E-state index contributed by atoms with van der Waals surface area (Å²) in [6, 6.07) is 10.6. The molecule has 0 unspecified atom stereocenters. The largest absolute Gasteiger partial charge is 0.493 e. The van der Waals surface area contributed by atoms with Crippen molar-refractivity contribution in [1.82, 2.24) is 4.90 Å². The van der Waals surface area contributed by atoms with Gasteiger partial charge in [0.15, 0.2) is 23.9 Å². The summed E-state index contributed by atoms with van der Waals surface area (Å²) in [4.78, 5) is 29.3. The van der Waals surface area contributed by atoms with E-state index in [9.17, 15) is 9.59 Å². The Morgan fingerprint density at radius 2 is 1.79 bits per heavy atom. The molecule has 174 valence electrons. The van der Waals surface area contributed by atoms with Gasteiger partial charge in [-0.15, -0.1) is 0 Å². The molecule has 1 saturated heterocycles. The predicted molar refractivity (Wildman–Crippen MR) is 124 cm³/mol. The molecule has 0 bridgehead atoms. The number of hydrogen-bond acceptors (Lipinski definition) is 6. The summed E-state index contributed by atoms with van der Waals surface area (Å²) in [5.41, 5.74) is 1.67. The molecular weight excluding hydrogens is 424 g/mol. The molecule has 8 heteroatoms. The fourth-order valence-corrected chi connectivity index (χ4v) is 3.94. The molecular formula is C25H29N2O6+. The second-order valence-corrected chi connectivity index (χ2v) is 8.29. The SMILES string of the molecule is COc1ccc(-c2oc3cc(C)ccc3c(=O)c2OCC(=O)N2CC[NH+](C)CC2)cc1OC. The number of hydrogen-bond donors (Lipinski definition) is 1. The Morgan fingerprint density at radius 1 is 1.06 bits per heavy atom. The Balaban J connectivity index is 1.74. The lowest BCUT2D eigenvalue weighted by atomic mass is 10.1. The highest BCUT2D eigenvalue weighted by Crippen LogP contribution is 2.36. The number of ether oxygens (including phenoxy) is 3. The third-order valence-corrected chi connectivity index (χ3v) is 5.96. The zero-order valence-electron chi connectivity index (χ0n) is 19.4. The van der Waals surface area contributed by atoms with E-state index >= 15 is 0 Å². The minimum Gasteiger partial charge on any atom is -0.493 e. The number of fused-ring (bicyclic) bond motifs is 1. The van der Waals surface area contributed by atoms with Crippen LogP contribution in [0.2, 0.25) is 0 Å². The van der Waals surface area contributed by atoms with Crippen LogP contribution in [-0.2, 0) is 4.79 Å². The highest BCUT2D eigenvalue weighted by molar-refractivity contribution is 5.83. The summed E-state index contributed by atoms with van der Waals surface area (Å²) in [6.45, 7) is 4.81. The van der Waals surface area contributed by atoms with E-state index in [-0.39, 0.29) is 29.5 Å². The standard InChI is InChI=1S/C25H28N2O6/c1-16-5-7-18-20(13-16)33-24(17-6-8-19(30-3)21(14-17)31-4)25(23(18)29)32-15-22(28)27-11-9-26(2)10-12-27/h5-8,13-14H,9-12,15H2,1-4H3/p+1. The second-order valence-electron chi connectivity index (χ2n) is 8.29. The summed E-state index contributed by atoms with van der Waals surface area (Å²) < 4.78 is 22.7. The van der Waals surface area contributed by atoms with Crippen molar-refractivity contribution in [3.8, 4) is 28.6 Å². The van der Waals surface area contributed by atoms with Crippen LogP contribution in [-0.4, -0.2) is 64.9 Å². The lowest BCUT2D eigenvalue weighted by Gasteiger charge is -2.30. The van der Waals surface area contributed by atoms with E-state index in [0.29, 0.717) is 41.1 Å². The van der Waals surface area contributed by atoms with Gasteiger partial charge in [-0.25, -0.2) is 0 Å². The maximum absolute atomic E-state index is 13.4. The molecule has 8 nitrogen and oxygen atoms in total. The highest BCUT2D eigenvalue weighted by Gasteiger charge is 2.24. The van der Waals surface area contributed by atoms with Gasteiger partial charge < -0.3 is 28.4 Å². The van der Waals surface area contributed by atoms with Crippen LogP contribution < -0.4 is 24.5 Å². The van der Waals surface area contributed by atoms with E-state index in [2.05, 4.69) is 7.05 Å². The van der Waals surface area contributed by atoms with Crippen molar-refractivity contribution in [3.05, 3.63) is 52.2 Å². The number of piperazine rings is 1. The van der Waals surface area contributed by atoms with Crippen molar-refractivity contribution in [2.45, 2.75) is 6.92 Å². The van der Waals surface area contributed by atoms with Gasteiger partial charge in [0, 0.05) is 5.56 Å². The summed E-state index contributed by atoms with van der Waals surface area (Å²) in [5, 5.41) is 0.399. The molecule has 3 aromatic rings. The third-order valence-electron chi connectivity index (χ3n) is 5.96. The molecule has 1 N–H and O–H groups in total. The number of nitrogens with one attached hydrogen (secondary N) is 1. The quantitative estimate of drug-likeness (QED) is 0.610. The summed E-state index contributed by atoms with van der Waals surface area (Å²) in [6.07, 6.45) is 0. The predicted octanol–water partition coefficient (Wildman–Crippen LogP) is 1.52. The van der Waals surface area contributed by atoms with Crippen molar-refractivity contribution in [1.29, 1.82) is 0 Å². The smallest absolute Gasteiger partial charge is 0.260 e. The van der Waals surface area contributed by atoms with Crippen LogP contribution in [0.25, 0.3) is 22.3 Å². The van der Waals surface area contributed by atoms with Gasteiger partial charge >= 0.3 is 0 Å². The normalized spacial score (nSPS) is 14.4. The number of nitrogens with zero attached hydrogens (tertiary/aromatic N) is 1.